The molecule has 0 atom stereocenters. The Morgan fingerprint density at radius 3 is 0.864 bits per heavy atom. The van der Waals surface area contributed by atoms with Crippen molar-refractivity contribution in [3.63, 3.8) is 0 Å². The summed E-state index contributed by atoms with van der Waals surface area (Å²) in [5, 5.41) is 45.0. The van der Waals surface area contributed by atoms with E-state index in [4.69, 9.17) is 25.5 Å². The van der Waals surface area contributed by atoms with E-state index in [1.165, 1.54) is 0 Å². The highest BCUT2D eigenvalue weighted by molar-refractivity contribution is 7.80. The molecule has 10 nitrogen and oxygen atoms in total. The highest BCUT2D eigenvalue weighted by Gasteiger charge is 2.37. The number of carboxylic acid groups (broad SMARTS) is 5. The van der Waals surface area contributed by atoms with Crippen LogP contribution in [-0.4, -0.2) is 55.4 Å². The van der Waals surface area contributed by atoms with Gasteiger partial charge < -0.3 is 25.5 Å². The molecule has 5 N–H and O–H groups in total. The third-order valence-electron chi connectivity index (χ3n) is 2.54. The van der Waals surface area contributed by atoms with E-state index in [9.17, 15) is 24.0 Å². The summed E-state index contributed by atoms with van der Waals surface area (Å²) in [6.45, 7) is 0. The summed E-state index contributed by atoms with van der Waals surface area (Å²) < 4.78 is 0. The van der Waals surface area contributed by atoms with Gasteiger partial charge in [-0.15, -0.1) is 12.6 Å². The smallest absolute Gasteiger partial charge is 0.337 e. The molecule has 1 rings (SSSR count). The molecule has 0 fully saturated rings. The van der Waals surface area contributed by atoms with Gasteiger partial charge in [0.15, 0.2) is 0 Å². The average molecular weight is 330 g/mol. The summed E-state index contributed by atoms with van der Waals surface area (Å²) in [6.07, 6.45) is 0. The molecule has 0 unspecified atom stereocenters. The van der Waals surface area contributed by atoms with Gasteiger partial charge >= 0.3 is 29.8 Å². The molecular weight excluding hydrogens is 324 g/mol. The summed E-state index contributed by atoms with van der Waals surface area (Å²) in [7, 11) is 0. The normalized spacial score (nSPS) is 10.0. The lowest BCUT2D eigenvalue weighted by atomic mass is 9.90. The van der Waals surface area contributed by atoms with Crippen LogP contribution in [-0.2, 0) is 0 Å². The Bertz CT molecular complexity index is 695. The van der Waals surface area contributed by atoms with E-state index in [2.05, 4.69) is 12.6 Å². The number of thiol groups is 1. The molecule has 0 radical (unpaired) electrons. The number of hydrogen-bond donors (Lipinski definition) is 6. The largest absolute Gasteiger partial charge is 0.478 e. The molecule has 11 heteroatoms. The molecule has 0 aromatic heterocycles. The first-order valence-corrected chi connectivity index (χ1v) is 5.56. The SMILES string of the molecule is O=C(O)c1c(S)c(C(=O)O)c(C(=O)O)c(C(=O)O)c1C(=O)O. The van der Waals surface area contributed by atoms with Crippen molar-refractivity contribution < 1.29 is 49.5 Å². The molecule has 1 aromatic carbocycles. The lowest BCUT2D eigenvalue weighted by Gasteiger charge is -2.15. The number of hydrogen-bond acceptors (Lipinski definition) is 6. The van der Waals surface area contributed by atoms with Gasteiger partial charge in [0.2, 0.25) is 0 Å². The zero-order valence-corrected chi connectivity index (χ0v) is 11.1. The Balaban J connectivity index is 4.31. The van der Waals surface area contributed by atoms with E-state index in [-0.39, 0.29) is 0 Å². The molecule has 116 valence electrons. The van der Waals surface area contributed by atoms with Gasteiger partial charge in [0.1, 0.15) is 0 Å². The predicted octanol–water partition coefficient (Wildman–Crippen LogP) is 0.466. The number of benzene rings is 1. The summed E-state index contributed by atoms with van der Waals surface area (Å²) in [4.78, 5) is 54.8. The van der Waals surface area contributed by atoms with Crippen LogP contribution in [0.25, 0.3) is 0 Å². The number of carboxylic acids is 5. The van der Waals surface area contributed by atoms with E-state index in [0.717, 1.165) is 0 Å². The van der Waals surface area contributed by atoms with E-state index >= 15 is 0 Å². The van der Waals surface area contributed by atoms with Gasteiger partial charge in [0, 0.05) is 4.90 Å². The van der Waals surface area contributed by atoms with Crippen molar-refractivity contribution in [2.24, 2.45) is 0 Å². The number of aromatic carboxylic acids is 5. The van der Waals surface area contributed by atoms with Gasteiger partial charge in [-0.25, -0.2) is 24.0 Å². The first kappa shape index (κ1) is 17.0. The van der Waals surface area contributed by atoms with Crippen LogP contribution in [0.2, 0.25) is 0 Å². The van der Waals surface area contributed by atoms with Crippen molar-refractivity contribution in [1.82, 2.24) is 0 Å². The van der Waals surface area contributed by atoms with Crippen LogP contribution in [0.1, 0.15) is 51.8 Å². The molecule has 0 bridgehead atoms. The van der Waals surface area contributed by atoms with Crippen molar-refractivity contribution in [3.05, 3.63) is 27.8 Å². The average Bonchev–Trinajstić information content (AvgIpc) is 2.34. The monoisotopic (exact) mass is 330 g/mol. The molecule has 0 aliphatic rings. The zero-order chi connectivity index (χ0) is 17.4. The first-order chi connectivity index (χ1) is 10.0. The van der Waals surface area contributed by atoms with Crippen LogP contribution in [0.15, 0.2) is 4.90 Å². The molecule has 0 aliphatic heterocycles. The van der Waals surface area contributed by atoms with Gasteiger partial charge in [0.05, 0.1) is 27.8 Å². The Labute approximate surface area is 125 Å². The second kappa shape index (κ2) is 5.73. The predicted molar refractivity (Wildman–Crippen MR) is 68.5 cm³/mol. The molecule has 0 spiro atoms. The van der Waals surface area contributed by atoms with Crippen molar-refractivity contribution in [3.8, 4) is 0 Å². The quantitative estimate of drug-likeness (QED) is 0.414. The maximum absolute atomic E-state index is 11.2. The molecule has 0 saturated heterocycles. The van der Waals surface area contributed by atoms with Crippen LogP contribution < -0.4 is 0 Å². The van der Waals surface area contributed by atoms with Crippen LogP contribution >= 0.6 is 12.6 Å². The molecular formula is C11H6O10S. The summed E-state index contributed by atoms with van der Waals surface area (Å²) >= 11 is 3.55. The fourth-order valence-electron chi connectivity index (χ4n) is 1.79. The van der Waals surface area contributed by atoms with Gasteiger partial charge in [0.25, 0.3) is 0 Å². The summed E-state index contributed by atoms with van der Waals surface area (Å²) in [5.41, 5.74) is -6.64. The lowest BCUT2D eigenvalue weighted by molar-refractivity contribution is 0.0605. The van der Waals surface area contributed by atoms with Crippen LogP contribution in [0.5, 0.6) is 0 Å². The first-order valence-electron chi connectivity index (χ1n) is 5.11. The third kappa shape index (κ3) is 2.56. The molecule has 0 heterocycles. The van der Waals surface area contributed by atoms with Gasteiger partial charge in [-0.3, -0.25) is 0 Å². The van der Waals surface area contributed by atoms with Crippen LogP contribution in [0.3, 0.4) is 0 Å². The Morgan fingerprint density at radius 2 is 0.682 bits per heavy atom. The minimum absolute atomic E-state index is 0.972. The van der Waals surface area contributed by atoms with Crippen LogP contribution in [0, 0.1) is 0 Å². The maximum atomic E-state index is 11.2. The van der Waals surface area contributed by atoms with E-state index in [1.807, 2.05) is 0 Å². The van der Waals surface area contributed by atoms with Crippen molar-refractivity contribution in [1.29, 1.82) is 0 Å². The second-order valence-electron chi connectivity index (χ2n) is 3.75. The maximum Gasteiger partial charge on any atom is 0.337 e. The lowest BCUT2D eigenvalue weighted by Crippen LogP contribution is -2.24. The summed E-state index contributed by atoms with van der Waals surface area (Å²) in [5.74, 6) is -10.1. The van der Waals surface area contributed by atoms with Crippen molar-refractivity contribution >= 4 is 42.5 Å². The topological polar surface area (TPSA) is 186 Å². The Kier molecular flexibility index (Phi) is 4.42. The van der Waals surface area contributed by atoms with Crippen molar-refractivity contribution in [2.75, 3.05) is 0 Å². The second-order valence-corrected chi connectivity index (χ2v) is 4.20. The van der Waals surface area contributed by atoms with Gasteiger partial charge in [-0.05, 0) is 0 Å². The molecule has 22 heavy (non-hydrogen) atoms. The molecule has 0 saturated carbocycles. The highest BCUT2D eigenvalue weighted by Crippen LogP contribution is 2.32. The van der Waals surface area contributed by atoms with Crippen LogP contribution in [0.4, 0.5) is 0 Å². The Morgan fingerprint density at radius 1 is 0.500 bits per heavy atom. The van der Waals surface area contributed by atoms with E-state index in [0.29, 0.717) is 0 Å². The fraction of sp³-hybridized carbons (Fsp3) is 0. The molecule has 0 aliphatic carbocycles. The molecule has 1 aromatic rings. The Hall–Kier alpha value is -3.08. The number of carbonyl (C=O) groups is 5. The standard InChI is InChI=1S/C11H6O10S/c12-7(13)1-2(8(14)15)4(10(18)19)6(22)5(11(20)21)3(1)9(16)17/h22H,(H,12,13)(H,14,15)(H,16,17)(H,18,19)(H,20,21). The van der Waals surface area contributed by atoms with Crippen molar-refractivity contribution in [2.45, 2.75) is 4.90 Å². The highest BCUT2D eigenvalue weighted by atomic mass is 32.1. The summed E-state index contributed by atoms with van der Waals surface area (Å²) in [6, 6.07) is 0. The minimum atomic E-state index is -2.10. The van der Waals surface area contributed by atoms with Gasteiger partial charge in [-0.1, -0.05) is 0 Å². The third-order valence-corrected chi connectivity index (χ3v) is 2.99. The van der Waals surface area contributed by atoms with E-state index < -0.39 is 62.6 Å². The minimum Gasteiger partial charge on any atom is -0.478 e. The zero-order valence-electron chi connectivity index (χ0n) is 10.2. The van der Waals surface area contributed by atoms with Gasteiger partial charge in [-0.2, -0.15) is 0 Å². The molecule has 0 amide bonds. The van der Waals surface area contributed by atoms with E-state index in [1.54, 1.807) is 0 Å². The number of rotatable bonds is 5. The fourth-order valence-corrected chi connectivity index (χ4v) is 2.21.